The Hall–Kier alpha value is -3.46. The summed E-state index contributed by atoms with van der Waals surface area (Å²) in [4.78, 5) is 36.3. The molecule has 0 spiro atoms. The molecule has 0 aliphatic carbocycles. The Bertz CT molecular complexity index is 957. The summed E-state index contributed by atoms with van der Waals surface area (Å²) in [6, 6.07) is 13.1. The normalized spacial score (nSPS) is 10.4. The van der Waals surface area contributed by atoms with E-state index in [4.69, 9.17) is 17.0 Å². The minimum atomic E-state index is -0.447. The third-order valence-electron chi connectivity index (χ3n) is 4.03. The second-order valence-electron chi connectivity index (χ2n) is 7.78. The molecule has 0 aliphatic rings. The molecule has 0 fully saturated rings. The second-order valence-corrected chi connectivity index (χ2v) is 8.19. The lowest BCUT2D eigenvalue weighted by atomic mass is 10.1. The third-order valence-corrected chi connectivity index (χ3v) is 4.23. The van der Waals surface area contributed by atoms with Gasteiger partial charge in [0.15, 0.2) is 5.11 Å². The average molecular weight is 457 g/mol. The fourth-order valence-corrected chi connectivity index (χ4v) is 2.78. The highest BCUT2D eigenvalue weighted by atomic mass is 32.1. The standard InChI is InChI=1S/C23H28N4O4S/c1-14(2)13-20(28)24-18-9-5-17(6-10-18)22(30)26-27-23(32)25-21(29)16-7-11-19(12-8-16)31-15(3)4/h5-12,14-15H,13H2,1-4H3,(H,24,28)(H,26,30)(H2,25,27,29,32). The number of rotatable bonds is 7. The highest BCUT2D eigenvalue weighted by Gasteiger charge is 2.11. The van der Waals surface area contributed by atoms with Crippen LogP contribution >= 0.6 is 12.2 Å². The van der Waals surface area contributed by atoms with E-state index in [1.165, 1.54) is 0 Å². The summed E-state index contributed by atoms with van der Waals surface area (Å²) >= 11 is 5.05. The highest BCUT2D eigenvalue weighted by molar-refractivity contribution is 7.80. The number of anilines is 1. The number of carbonyl (C=O) groups excluding carboxylic acids is 3. The molecule has 0 saturated carbocycles. The van der Waals surface area contributed by atoms with Gasteiger partial charge in [-0.05, 0) is 80.5 Å². The number of thiocarbonyl (C=S) groups is 1. The van der Waals surface area contributed by atoms with Gasteiger partial charge in [-0.3, -0.25) is 30.6 Å². The average Bonchev–Trinajstić information content (AvgIpc) is 2.72. The van der Waals surface area contributed by atoms with Gasteiger partial charge in [-0.1, -0.05) is 13.8 Å². The van der Waals surface area contributed by atoms with E-state index < -0.39 is 11.8 Å². The maximum absolute atomic E-state index is 12.3. The van der Waals surface area contributed by atoms with Crippen molar-refractivity contribution in [3.05, 3.63) is 59.7 Å². The molecule has 2 aromatic carbocycles. The summed E-state index contributed by atoms with van der Waals surface area (Å²) < 4.78 is 5.54. The quantitative estimate of drug-likeness (QED) is 0.376. The Labute approximate surface area is 193 Å². The zero-order valence-electron chi connectivity index (χ0n) is 18.5. The van der Waals surface area contributed by atoms with Crippen LogP contribution in [0.5, 0.6) is 5.75 Å². The van der Waals surface area contributed by atoms with Crippen LogP contribution in [0.1, 0.15) is 54.8 Å². The predicted molar refractivity (Wildman–Crippen MR) is 127 cm³/mol. The minimum absolute atomic E-state index is 0.0369. The number of benzene rings is 2. The Morgan fingerprint density at radius 3 is 1.97 bits per heavy atom. The summed E-state index contributed by atoms with van der Waals surface area (Å²) in [6.45, 7) is 7.76. The van der Waals surface area contributed by atoms with Crippen molar-refractivity contribution in [3.8, 4) is 5.75 Å². The molecule has 4 N–H and O–H groups in total. The van der Waals surface area contributed by atoms with Crippen LogP contribution in [-0.2, 0) is 4.79 Å². The number of hydrogen-bond acceptors (Lipinski definition) is 5. The third kappa shape index (κ3) is 8.35. The van der Waals surface area contributed by atoms with Crippen molar-refractivity contribution < 1.29 is 19.1 Å². The summed E-state index contributed by atoms with van der Waals surface area (Å²) in [7, 11) is 0. The van der Waals surface area contributed by atoms with Crippen molar-refractivity contribution in [1.82, 2.24) is 16.2 Å². The molecule has 0 heterocycles. The van der Waals surface area contributed by atoms with E-state index in [1.807, 2.05) is 27.7 Å². The maximum Gasteiger partial charge on any atom is 0.269 e. The van der Waals surface area contributed by atoms with Gasteiger partial charge in [0.05, 0.1) is 6.10 Å². The minimum Gasteiger partial charge on any atom is -0.491 e. The van der Waals surface area contributed by atoms with Crippen LogP contribution in [0.15, 0.2) is 48.5 Å². The van der Waals surface area contributed by atoms with Crippen molar-refractivity contribution in [2.24, 2.45) is 5.92 Å². The van der Waals surface area contributed by atoms with Gasteiger partial charge in [0, 0.05) is 23.2 Å². The molecule has 0 unspecified atom stereocenters. The van der Waals surface area contributed by atoms with Crippen molar-refractivity contribution in [2.75, 3.05) is 5.32 Å². The lowest BCUT2D eigenvalue weighted by Crippen LogP contribution is -2.48. The van der Waals surface area contributed by atoms with E-state index in [0.717, 1.165) is 0 Å². The van der Waals surface area contributed by atoms with E-state index in [2.05, 4.69) is 21.5 Å². The zero-order chi connectivity index (χ0) is 23.7. The number of ether oxygens (including phenoxy) is 1. The van der Waals surface area contributed by atoms with Gasteiger partial charge in [0.1, 0.15) is 5.75 Å². The van der Waals surface area contributed by atoms with Gasteiger partial charge in [-0.15, -0.1) is 0 Å². The van der Waals surface area contributed by atoms with E-state index in [9.17, 15) is 14.4 Å². The van der Waals surface area contributed by atoms with Crippen molar-refractivity contribution in [2.45, 2.75) is 40.2 Å². The molecule has 0 atom stereocenters. The lowest BCUT2D eigenvalue weighted by molar-refractivity contribution is -0.116. The van der Waals surface area contributed by atoms with Crippen LogP contribution in [0.3, 0.4) is 0 Å². The maximum atomic E-state index is 12.3. The van der Waals surface area contributed by atoms with Crippen molar-refractivity contribution >= 4 is 40.7 Å². The van der Waals surface area contributed by atoms with Crippen LogP contribution in [0.25, 0.3) is 0 Å². The fraction of sp³-hybridized carbons (Fsp3) is 0.304. The van der Waals surface area contributed by atoms with E-state index in [1.54, 1.807) is 48.5 Å². The smallest absolute Gasteiger partial charge is 0.269 e. The SMILES string of the molecule is CC(C)CC(=O)Nc1ccc(C(=O)NNC(=S)NC(=O)c2ccc(OC(C)C)cc2)cc1. The topological polar surface area (TPSA) is 109 Å². The first-order valence-electron chi connectivity index (χ1n) is 10.2. The first kappa shape index (κ1) is 24.8. The Balaban J connectivity index is 1.81. The highest BCUT2D eigenvalue weighted by Crippen LogP contribution is 2.14. The second kappa shape index (κ2) is 11.8. The first-order valence-corrected chi connectivity index (χ1v) is 10.6. The number of carbonyl (C=O) groups is 3. The van der Waals surface area contributed by atoms with Gasteiger partial charge in [-0.2, -0.15) is 0 Å². The molecule has 2 rings (SSSR count). The lowest BCUT2D eigenvalue weighted by Gasteiger charge is -2.12. The summed E-state index contributed by atoms with van der Waals surface area (Å²) in [5, 5.41) is 5.21. The van der Waals surface area contributed by atoms with Crippen LogP contribution < -0.4 is 26.2 Å². The number of hydrogen-bond donors (Lipinski definition) is 4. The van der Waals surface area contributed by atoms with Crippen LogP contribution in [-0.4, -0.2) is 28.9 Å². The van der Waals surface area contributed by atoms with Gasteiger partial charge in [0.2, 0.25) is 5.91 Å². The van der Waals surface area contributed by atoms with Gasteiger partial charge < -0.3 is 10.1 Å². The molecule has 0 aromatic heterocycles. The van der Waals surface area contributed by atoms with Gasteiger partial charge in [-0.25, -0.2) is 0 Å². The molecule has 0 saturated heterocycles. The van der Waals surface area contributed by atoms with Crippen LogP contribution in [0.4, 0.5) is 5.69 Å². The molecule has 0 bridgehead atoms. The van der Waals surface area contributed by atoms with E-state index in [-0.39, 0.29) is 23.0 Å². The van der Waals surface area contributed by atoms with Gasteiger partial charge in [0.25, 0.3) is 11.8 Å². The Kier molecular flexibility index (Phi) is 9.15. The first-order chi connectivity index (χ1) is 15.1. The molecular weight excluding hydrogens is 428 g/mol. The van der Waals surface area contributed by atoms with Crippen molar-refractivity contribution in [3.63, 3.8) is 0 Å². The molecule has 8 nitrogen and oxygen atoms in total. The monoisotopic (exact) mass is 456 g/mol. The fourth-order valence-electron chi connectivity index (χ4n) is 2.64. The Morgan fingerprint density at radius 2 is 1.41 bits per heavy atom. The summed E-state index contributed by atoms with van der Waals surface area (Å²) in [5.74, 6) is -0.0306. The van der Waals surface area contributed by atoms with Crippen LogP contribution in [0, 0.1) is 5.92 Å². The zero-order valence-corrected chi connectivity index (χ0v) is 19.3. The molecular formula is C23H28N4O4S. The van der Waals surface area contributed by atoms with Gasteiger partial charge >= 0.3 is 0 Å². The molecule has 0 radical (unpaired) electrons. The summed E-state index contributed by atoms with van der Waals surface area (Å²) in [6.07, 6.45) is 0.459. The molecule has 170 valence electrons. The Morgan fingerprint density at radius 1 is 0.844 bits per heavy atom. The molecule has 9 heteroatoms. The number of amides is 3. The molecule has 0 aliphatic heterocycles. The molecule has 32 heavy (non-hydrogen) atoms. The van der Waals surface area contributed by atoms with E-state index >= 15 is 0 Å². The predicted octanol–water partition coefficient (Wildman–Crippen LogP) is 3.41. The number of nitrogens with one attached hydrogen (secondary N) is 4. The molecule has 3 amide bonds. The molecule has 2 aromatic rings. The van der Waals surface area contributed by atoms with Crippen LogP contribution in [0.2, 0.25) is 0 Å². The van der Waals surface area contributed by atoms with Crippen molar-refractivity contribution in [1.29, 1.82) is 0 Å². The number of hydrazine groups is 1. The largest absolute Gasteiger partial charge is 0.491 e. The summed E-state index contributed by atoms with van der Waals surface area (Å²) in [5.41, 5.74) is 6.27. The van der Waals surface area contributed by atoms with E-state index in [0.29, 0.717) is 29.0 Å².